The minimum atomic E-state index is -0.528. The zero-order valence-electron chi connectivity index (χ0n) is 14.5. The van der Waals surface area contributed by atoms with Gasteiger partial charge in [0.25, 0.3) is 11.6 Å². The van der Waals surface area contributed by atoms with Gasteiger partial charge in [-0.25, -0.2) is 0 Å². The molecule has 2 aromatic rings. The Bertz CT molecular complexity index is 810. The molecule has 0 heterocycles. The molecule has 0 spiro atoms. The number of benzene rings is 2. The lowest BCUT2D eigenvalue weighted by Crippen LogP contribution is -2.13. The Balaban J connectivity index is 2.28. The first kappa shape index (κ1) is 19.5. The minimum Gasteiger partial charge on any atom is -0.490 e. The molecule has 8 heteroatoms. The van der Waals surface area contributed by atoms with Gasteiger partial charge in [-0.2, -0.15) is 0 Å². The van der Waals surface area contributed by atoms with Crippen molar-refractivity contribution in [2.24, 2.45) is 0 Å². The Morgan fingerprint density at radius 2 is 2.00 bits per heavy atom. The third-order valence-corrected chi connectivity index (χ3v) is 3.62. The lowest BCUT2D eigenvalue weighted by atomic mass is 10.1. The van der Waals surface area contributed by atoms with Gasteiger partial charge in [-0.15, -0.1) is 0 Å². The van der Waals surface area contributed by atoms with Gasteiger partial charge in [-0.3, -0.25) is 14.9 Å². The van der Waals surface area contributed by atoms with Crippen molar-refractivity contribution in [3.8, 4) is 11.5 Å². The predicted octanol–water partition coefficient (Wildman–Crippen LogP) is 4.69. The van der Waals surface area contributed by atoms with Crippen LogP contribution in [0.5, 0.6) is 11.5 Å². The van der Waals surface area contributed by atoms with E-state index in [2.05, 4.69) is 5.32 Å². The Hall–Kier alpha value is -2.80. The molecular weight excluding hydrogens is 360 g/mol. The highest BCUT2D eigenvalue weighted by molar-refractivity contribution is 6.32. The van der Waals surface area contributed by atoms with E-state index in [1.54, 1.807) is 6.07 Å². The molecule has 0 saturated heterocycles. The molecule has 2 rings (SSSR count). The predicted molar refractivity (Wildman–Crippen MR) is 99.5 cm³/mol. The van der Waals surface area contributed by atoms with Crippen LogP contribution < -0.4 is 14.8 Å². The molecule has 138 valence electrons. The molecule has 2 aromatic carbocycles. The number of nitrogens with one attached hydrogen (secondary N) is 1. The highest BCUT2D eigenvalue weighted by Gasteiger charge is 2.17. The van der Waals surface area contributed by atoms with E-state index >= 15 is 0 Å². The molecule has 0 aliphatic carbocycles. The fraction of sp³-hybridized carbons (Fsp3) is 0.278. The Labute approximate surface area is 156 Å². The number of hydrogen-bond donors (Lipinski definition) is 1. The van der Waals surface area contributed by atoms with Crippen molar-refractivity contribution in [1.29, 1.82) is 0 Å². The summed E-state index contributed by atoms with van der Waals surface area (Å²) in [6, 6.07) is 8.69. The molecule has 0 aliphatic rings. The Kier molecular flexibility index (Phi) is 6.80. The van der Waals surface area contributed by atoms with Crippen LogP contribution >= 0.6 is 11.6 Å². The molecule has 0 fully saturated rings. The number of anilines is 1. The maximum absolute atomic E-state index is 12.5. The first-order chi connectivity index (χ1) is 12.5. The molecule has 0 aliphatic heterocycles. The fourth-order valence-corrected chi connectivity index (χ4v) is 2.47. The second kappa shape index (κ2) is 9.05. The Morgan fingerprint density at radius 3 is 2.65 bits per heavy atom. The van der Waals surface area contributed by atoms with Crippen molar-refractivity contribution >= 4 is 28.9 Å². The number of carbonyl (C=O) groups is 1. The number of halogens is 1. The van der Waals surface area contributed by atoms with Crippen molar-refractivity contribution in [2.45, 2.75) is 20.3 Å². The zero-order chi connectivity index (χ0) is 19.1. The van der Waals surface area contributed by atoms with Crippen molar-refractivity contribution in [3.63, 3.8) is 0 Å². The topological polar surface area (TPSA) is 90.7 Å². The van der Waals surface area contributed by atoms with Crippen LogP contribution in [0.15, 0.2) is 36.4 Å². The van der Waals surface area contributed by atoms with Gasteiger partial charge < -0.3 is 14.8 Å². The van der Waals surface area contributed by atoms with Gasteiger partial charge in [0.05, 0.1) is 23.2 Å². The van der Waals surface area contributed by atoms with Crippen LogP contribution in [0.1, 0.15) is 30.6 Å². The van der Waals surface area contributed by atoms with E-state index < -0.39 is 10.8 Å². The summed E-state index contributed by atoms with van der Waals surface area (Å²) >= 11 is 6.25. The van der Waals surface area contributed by atoms with Crippen LogP contribution in [0.2, 0.25) is 5.02 Å². The number of rotatable bonds is 8. The SMILES string of the molecule is CCCOc1c(Cl)cc(C(=O)Nc2cccc([N+](=O)[O-])c2)cc1OCC. The summed E-state index contributed by atoms with van der Waals surface area (Å²) in [5.41, 5.74) is 0.456. The van der Waals surface area contributed by atoms with E-state index in [1.165, 1.54) is 30.3 Å². The van der Waals surface area contributed by atoms with Gasteiger partial charge in [0.2, 0.25) is 0 Å². The monoisotopic (exact) mass is 378 g/mol. The number of carbonyl (C=O) groups excluding carboxylic acids is 1. The molecule has 0 saturated carbocycles. The normalized spacial score (nSPS) is 10.3. The number of nitro benzene ring substituents is 1. The summed E-state index contributed by atoms with van der Waals surface area (Å²) < 4.78 is 11.1. The van der Waals surface area contributed by atoms with Gasteiger partial charge in [0.1, 0.15) is 0 Å². The first-order valence-corrected chi connectivity index (χ1v) is 8.49. The maximum atomic E-state index is 12.5. The number of nitro groups is 1. The second-order valence-corrected chi connectivity index (χ2v) is 5.74. The van der Waals surface area contributed by atoms with Gasteiger partial charge in [0, 0.05) is 23.4 Å². The molecule has 0 aromatic heterocycles. The van der Waals surface area contributed by atoms with Crippen LogP contribution in [0.3, 0.4) is 0 Å². The van der Waals surface area contributed by atoms with E-state index in [4.69, 9.17) is 21.1 Å². The number of amides is 1. The quantitative estimate of drug-likeness (QED) is 0.531. The molecular formula is C18H19ClN2O5. The average molecular weight is 379 g/mol. The van der Waals surface area contributed by atoms with Crippen LogP contribution in [-0.4, -0.2) is 24.0 Å². The summed E-state index contributed by atoms with van der Waals surface area (Å²) in [5, 5.41) is 13.7. The summed E-state index contributed by atoms with van der Waals surface area (Å²) in [7, 11) is 0. The molecule has 1 amide bonds. The van der Waals surface area contributed by atoms with Gasteiger partial charge in [-0.05, 0) is 31.5 Å². The largest absolute Gasteiger partial charge is 0.490 e. The van der Waals surface area contributed by atoms with E-state index in [0.717, 1.165) is 6.42 Å². The lowest BCUT2D eigenvalue weighted by molar-refractivity contribution is -0.384. The molecule has 0 radical (unpaired) electrons. The van der Waals surface area contributed by atoms with Gasteiger partial charge >= 0.3 is 0 Å². The van der Waals surface area contributed by atoms with E-state index in [1.807, 2.05) is 13.8 Å². The van der Waals surface area contributed by atoms with Gasteiger partial charge in [0.15, 0.2) is 11.5 Å². The molecule has 7 nitrogen and oxygen atoms in total. The summed E-state index contributed by atoms with van der Waals surface area (Å²) in [5.74, 6) is 0.301. The first-order valence-electron chi connectivity index (χ1n) is 8.11. The van der Waals surface area contributed by atoms with Crippen LogP contribution in [0.4, 0.5) is 11.4 Å². The highest BCUT2D eigenvalue weighted by Crippen LogP contribution is 2.37. The average Bonchev–Trinajstić information content (AvgIpc) is 2.61. The number of ether oxygens (including phenoxy) is 2. The lowest BCUT2D eigenvalue weighted by Gasteiger charge is -2.15. The molecule has 0 atom stereocenters. The number of hydrogen-bond acceptors (Lipinski definition) is 5. The summed E-state index contributed by atoms with van der Waals surface area (Å²) in [4.78, 5) is 22.8. The van der Waals surface area contributed by atoms with Crippen molar-refractivity contribution in [2.75, 3.05) is 18.5 Å². The third kappa shape index (κ3) is 4.86. The van der Waals surface area contributed by atoms with Crippen LogP contribution in [-0.2, 0) is 0 Å². The third-order valence-electron chi connectivity index (χ3n) is 3.34. The fourth-order valence-electron chi connectivity index (χ4n) is 2.21. The second-order valence-electron chi connectivity index (χ2n) is 5.33. The minimum absolute atomic E-state index is 0.112. The van der Waals surface area contributed by atoms with Crippen molar-refractivity contribution < 1.29 is 19.2 Å². The van der Waals surface area contributed by atoms with Crippen molar-refractivity contribution in [3.05, 3.63) is 57.1 Å². The van der Waals surface area contributed by atoms with E-state index in [9.17, 15) is 14.9 Å². The number of nitrogens with zero attached hydrogens (tertiary/aromatic N) is 1. The van der Waals surface area contributed by atoms with Crippen LogP contribution in [0, 0.1) is 10.1 Å². The maximum Gasteiger partial charge on any atom is 0.271 e. The highest BCUT2D eigenvalue weighted by atomic mass is 35.5. The van der Waals surface area contributed by atoms with Gasteiger partial charge in [-0.1, -0.05) is 24.6 Å². The van der Waals surface area contributed by atoms with Crippen LogP contribution in [0.25, 0.3) is 0 Å². The molecule has 0 bridgehead atoms. The van der Waals surface area contributed by atoms with Crippen molar-refractivity contribution in [1.82, 2.24) is 0 Å². The van der Waals surface area contributed by atoms with E-state index in [-0.39, 0.29) is 16.3 Å². The summed E-state index contributed by atoms with van der Waals surface area (Å²) in [6.45, 7) is 4.64. The molecule has 0 unspecified atom stereocenters. The summed E-state index contributed by atoms with van der Waals surface area (Å²) in [6.07, 6.45) is 0.802. The number of non-ortho nitro benzene ring substituents is 1. The van der Waals surface area contributed by atoms with E-state index in [0.29, 0.717) is 30.4 Å². The Morgan fingerprint density at radius 1 is 1.23 bits per heavy atom. The standard InChI is InChI=1S/C18H19ClN2O5/c1-3-8-26-17-15(19)9-12(10-16(17)25-4-2)18(22)20-13-6-5-7-14(11-13)21(23)24/h5-7,9-11H,3-4,8H2,1-2H3,(H,20,22). The molecule has 26 heavy (non-hydrogen) atoms. The molecule has 1 N–H and O–H groups in total. The zero-order valence-corrected chi connectivity index (χ0v) is 15.2. The smallest absolute Gasteiger partial charge is 0.271 e.